The van der Waals surface area contributed by atoms with Crippen molar-refractivity contribution >= 4 is 44.4 Å². The zero-order valence-corrected chi connectivity index (χ0v) is 11.5. The molecular weight excluding hydrogens is 402 g/mol. The summed E-state index contributed by atoms with van der Waals surface area (Å²) in [5, 5.41) is 1.82. The van der Waals surface area contributed by atoms with Crippen LogP contribution in [0.5, 0.6) is 0 Å². The normalized spacial score (nSPS) is 11.3. The quantitative estimate of drug-likeness (QED) is 0.748. The predicted molar refractivity (Wildman–Crippen MR) is 65.2 cm³/mol. The van der Waals surface area contributed by atoms with Crippen LogP contribution in [-0.4, -0.2) is 18.6 Å². The summed E-state index contributed by atoms with van der Waals surface area (Å²) < 4.78 is 36.9. The Kier molecular flexibility index (Phi) is 4.60. The molecule has 1 rings (SSSR count). The Balaban J connectivity index is 2.77. The first kappa shape index (κ1) is 13.8. The van der Waals surface area contributed by atoms with E-state index in [1.165, 1.54) is 6.07 Å². The van der Waals surface area contributed by atoms with Gasteiger partial charge < -0.3 is 5.32 Å². The Morgan fingerprint density at radius 1 is 1.44 bits per heavy atom. The van der Waals surface area contributed by atoms with Crippen LogP contribution in [0.3, 0.4) is 0 Å². The summed E-state index contributed by atoms with van der Waals surface area (Å²) in [5.41, 5.74) is 0.222. The standard InChI is InChI=1S/C9H6BrF3INO/c10-5-1-2-7(14)6(3-5)8(16)15-4-9(11,12)13/h1-3H,4H2,(H,15,16). The van der Waals surface area contributed by atoms with E-state index in [1.807, 2.05) is 27.9 Å². The SMILES string of the molecule is O=C(NCC(F)(F)F)c1cc(Br)ccc1I. The van der Waals surface area contributed by atoms with E-state index in [-0.39, 0.29) is 5.56 Å². The second kappa shape index (κ2) is 5.35. The fourth-order valence-electron chi connectivity index (χ4n) is 0.947. The Morgan fingerprint density at radius 2 is 2.06 bits per heavy atom. The Hall–Kier alpha value is -0.310. The summed E-state index contributed by atoms with van der Waals surface area (Å²) in [6.07, 6.45) is -4.40. The van der Waals surface area contributed by atoms with Crippen LogP contribution in [0.15, 0.2) is 22.7 Å². The first-order valence-corrected chi connectivity index (χ1v) is 5.97. The largest absolute Gasteiger partial charge is 0.405 e. The number of amides is 1. The van der Waals surface area contributed by atoms with Gasteiger partial charge in [0.1, 0.15) is 6.54 Å². The van der Waals surface area contributed by atoms with Crippen molar-refractivity contribution in [1.29, 1.82) is 0 Å². The highest BCUT2D eigenvalue weighted by molar-refractivity contribution is 14.1. The van der Waals surface area contributed by atoms with E-state index in [2.05, 4.69) is 15.9 Å². The summed E-state index contributed by atoms with van der Waals surface area (Å²) in [4.78, 5) is 11.4. The summed E-state index contributed by atoms with van der Waals surface area (Å²) in [6.45, 7) is -1.32. The zero-order chi connectivity index (χ0) is 12.3. The number of nitrogens with one attached hydrogen (secondary N) is 1. The van der Waals surface area contributed by atoms with Gasteiger partial charge in [0, 0.05) is 8.04 Å². The second-order valence-corrected chi connectivity index (χ2v) is 5.00. The van der Waals surface area contributed by atoms with Crippen LogP contribution in [0.25, 0.3) is 0 Å². The van der Waals surface area contributed by atoms with Crippen LogP contribution >= 0.6 is 38.5 Å². The number of carbonyl (C=O) groups excluding carboxylic acids is 1. The van der Waals surface area contributed by atoms with Crippen molar-refractivity contribution in [2.45, 2.75) is 6.18 Å². The third-order valence-electron chi connectivity index (χ3n) is 1.62. The van der Waals surface area contributed by atoms with Crippen LogP contribution < -0.4 is 5.32 Å². The van der Waals surface area contributed by atoms with Crippen molar-refractivity contribution < 1.29 is 18.0 Å². The Labute approximate surface area is 112 Å². The van der Waals surface area contributed by atoms with E-state index in [4.69, 9.17) is 0 Å². The molecule has 1 aromatic carbocycles. The van der Waals surface area contributed by atoms with Crippen molar-refractivity contribution in [3.8, 4) is 0 Å². The highest BCUT2D eigenvalue weighted by atomic mass is 127. The Morgan fingerprint density at radius 3 is 2.62 bits per heavy atom. The molecule has 0 heterocycles. The average molecular weight is 408 g/mol. The molecule has 0 saturated carbocycles. The topological polar surface area (TPSA) is 29.1 Å². The van der Waals surface area contributed by atoms with Gasteiger partial charge in [-0.05, 0) is 40.8 Å². The maximum absolute atomic E-state index is 11.9. The molecule has 0 aromatic heterocycles. The van der Waals surface area contributed by atoms with Crippen LogP contribution in [0, 0.1) is 3.57 Å². The lowest BCUT2D eigenvalue weighted by molar-refractivity contribution is -0.123. The molecule has 0 atom stereocenters. The van der Waals surface area contributed by atoms with Crippen molar-refractivity contribution in [2.75, 3.05) is 6.54 Å². The molecule has 1 amide bonds. The summed E-state index contributed by atoms with van der Waals surface area (Å²) >= 11 is 5.04. The summed E-state index contributed by atoms with van der Waals surface area (Å²) in [5.74, 6) is -0.733. The molecule has 88 valence electrons. The number of benzene rings is 1. The molecule has 1 N–H and O–H groups in total. The van der Waals surface area contributed by atoms with Gasteiger partial charge in [-0.2, -0.15) is 13.2 Å². The molecular formula is C9H6BrF3INO. The van der Waals surface area contributed by atoms with E-state index in [0.29, 0.717) is 8.04 Å². The van der Waals surface area contributed by atoms with Gasteiger partial charge in [-0.15, -0.1) is 0 Å². The summed E-state index contributed by atoms with van der Waals surface area (Å²) in [6, 6.07) is 4.84. The van der Waals surface area contributed by atoms with Gasteiger partial charge in [-0.3, -0.25) is 4.79 Å². The highest BCUT2D eigenvalue weighted by Crippen LogP contribution is 2.19. The van der Waals surface area contributed by atoms with E-state index in [1.54, 1.807) is 12.1 Å². The molecule has 0 fully saturated rings. The molecule has 0 saturated heterocycles. The van der Waals surface area contributed by atoms with Crippen molar-refractivity contribution in [3.05, 3.63) is 31.8 Å². The molecule has 0 spiro atoms. The van der Waals surface area contributed by atoms with Gasteiger partial charge in [-0.25, -0.2) is 0 Å². The molecule has 0 aliphatic heterocycles. The molecule has 16 heavy (non-hydrogen) atoms. The number of halogens is 5. The lowest BCUT2D eigenvalue weighted by Gasteiger charge is -2.09. The van der Waals surface area contributed by atoms with Gasteiger partial charge in [-0.1, -0.05) is 15.9 Å². The number of hydrogen-bond acceptors (Lipinski definition) is 1. The van der Waals surface area contributed by atoms with Crippen molar-refractivity contribution in [1.82, 2.24) is 5.32 Å². The molecule has 2 nitrogen and oxygen atoms in total. The fraction of sp³-hybridized carbons (Fsp3) is 0.222. The number of carbonyl (C=O) groups is 1. The third kappa shape index (κ3) is 4.28. The molecule has 0 unspecified atom stereocenters. The lowest BCUT2D eigenvalue weighted by atomic mass is 10.2. The molecule has 0 aliphatic carbocycles. The van der Waals surface area contributed by atoms with Crippen molar-refractivity contribution in [3.63, 3.8) is 0 Å². The van der Waals surface area contributed by atoms with Crippen LogP contribution in [0.4, 0.5) is 13.2 Å². The van der Waals surface area contributed by atoms with E-state index in [9.17, 15) is 18.0 Å². The molecule has 7 heteroatoms. The van der Waals surface area contributed by atoms with Gasteiger partial charge in [0.2, 0.25) is 0 Å². The second-order valence-electron chi connectivity index (χ2n) is 2.92. The van der Waals surface area contributed by atoms with Crippen LogP contribution in [0.1, 0.15) is 10.4 Å². The minimum Gasteiger partial charge on any atom is -0.343 e. The molecule has 1 aromatic rings. The van der Waals surface area contributed by atoms with Gasteiger partial charge in [0.05, 0.1) is 5.56 Å². The van der Waals surface area contributed by atoms with Gasteiger partial charge in [0.15, 0.2) is 0 Å². The van der Waals surface area contributed by atoms with Gasteiger partial charge >= 0.3 is 6.18 Å². The highest BCUT2D eigenvalue weighted by Gasteiger charge is 2.28. The maximum Gasteiger partial charge on any atom is 0.405 e. The fourth-order valence-corrected chi connectivity index (χ4v) is 1.89. The van der Waals surface area contributed by atoms with E-state index in [0.717, 1.165) is 0 Å². The van der Waals surface area contributed by atoms with Crippen LogP contribution in [0.2, 0.25) is 0 Å². The number of rotatable bonds is 2. The maximum atomic E-state index is 11.9. The minimum absolute atomic E-state index is 0.222. The van der Waals surface area contributed by atoms with E-state index < -0.39 is 18.6 Å². The van der Waals surface area contributed by atoms with Crippen molar-refractivity contribution in [2.24, 2.45) is 0 Å². The number of alkyl halides is 3. The molecule has 0 aliphatic rings. The minimum atomic E-state index is -4.40. The third-order valence-corrected chi connectivity index (χ3v) is 3.06. The lowest BCUT2D eigenvalue weighted by Crippen LogP contribution is -2.34. The monoisotopic (exact) mass is 407 g/mol. The Bertz CT molecular complexity index is 408. The predicted octanol–water partition coefficient (Wildman–Crippen LogP) is 3.35. The zero-order valence-electron chi connectivity index (χ0n) is 7.74. The van der Waals surface area contributed by atoms with E-state index >= 15 is 0 Å². The first-order chi connectivity index (χ1) is 7.29. The molecule has 0 bridgehead atoms. The first-order valence-electron chi connectivity index (χ1n) is 4.09. The molecule has 0 radical (unpaired) electrons. The van der Waals surface area contributed by atoms with Gasteiger partial charge in [0.25, 0.3) is 5.91 Å². The average Bonchev–Trinajstić information content (AvgIpc) is 2.17. The van der Waals surface area contributed by atoms with Crippen LogP contribution in [-0.2, 0) is 0 Å². The smallest absolute Gasteiger partial charge is 0.343 e. The summed E-state index contributed by atoms with van der Waals surface area (Å²) in [7, 11) is 0. The number of hydrogen-bond donors (Lipinski definition) is 1.